The third kappa shape index (κ3) is 5.39. The molecule has 1 heterocycles. The Kier molecular flexibility index (Phi) is 7.29. The predicted octanol–water partition coefficient (Wildman–Crippen LogP) is 2.69. The van der Waals surface area contributed by atoms with Gasteiger partial charge in [0.1, 0.15) is 5.82 Å². The van der Waals surface area contributed by atoms with Gasteiger partial charge in [-0.05, 0) is 48.1 Å². The van der Waals surface area contributed by atoms with Gasteiger partial charge >= 0.3 is 0 Å². The molecule has 3 rings (SSSR count). The molecule has 1 aliphatic rings. The molecule has 0 bridgehead atoms. The lowest BCUT2D eigenvalue weighted by molar-refractivity contribution is -0.131. The molecule has 6 heteroatoms. The van der Waals surface area contributed by atoms with Crippen LogP contribution in [0.4, 0.5) is 4.39 Å². The van der Waals surface area contributed by atoms with Crippen LogP contribution in [0.15, 0.2) is 48.5 Å². The highest BCUT2D eigenvalue weighted by atomic mass is 19.1. The number of rotatable bonds is 4. The lowest BCUT2D eigenvalue weighted by Crippen LogP contribution is -2.43. The van der Waals surface area contributed by atoms with E-state index in [-0.39, 0.29) is 18.2 Å². The number of benzene rings is 2. The van der Waals surface area contributed by atoms with Crippen molar-refractivity contribution in [2.45, 2.75) is 25.3 Å². The van der Waals surface area contributed by atoms with Crippen molar-refractivity contribution in [3.63, 3.8) is 0 Å². The van der Waals surface area contributed by atoms with Gasteiger partial charge in [0.25, 0.3) is 6.47 Å². The van der Waals surface area contributed by atoms with Crippen molar-refractivity contribution >= 4 is 12.4 Å². The topological polar surface area (TPSA) is 83.6 Å². The van der Waals surface area contributed by atoms with Crippen LogP contribution in [0, 0.1) is 5.82 Å². The van der Waals surface area contributed by atoms with E-state index in [1.54, 1.807) is 12.1 Å². The van der Waals surface area contributed by atoms with Crippen LogP contribution < -0.4 is 5.73 Å². The quantitative estimate of drug-likeness (QED) is 0.823. The van der Waals surface area contributed by atoms with Crippen LogP contribution >= 0.6 is 0 Å². The fourth-order valence-corrected chi connectivity index (χ4v) is 2.99. The number of carbonyl (C=O) groups excluding carboxylic acids is 1. The first-order valence-electron chi connectivity index (χ1n) is 8.52. The van der Waals surface area contributed by atoms with Crippen LogP contribution in [-0.2, 0) is 16.0 Å². The van der Waals surface area contributed by atoms with E-state index in [9.17, 15) is 9.18 Å². The minimum absolute atomic E-state index is 0.0464. The molecule has 2 aromatic carbocycles. The zero-order valence-electron chi connectivity index (χ0n) is 14.5. The second-order valence-corrected chi connectivity index (χ2v) is 6.15. The van der Waals surface area contributed by atoms with Crippen molar-refractivity contribution in [1.82, 2.24) is 4.90 Å². The molecule has 138 valence electrons. The molecule has 1 amide bonds. The number of carbonyl (C=O) groups is 2. The summed E-state index contributed by atoms with van der Waals surface area (Å²) in [4.78, 5) is 22.5. The molecular formula is C20H23FN2O3. The Bertz CT molecular complexity index is 711. The molecule has 3 N–H and O–H groups in total. The fourth-order valence-electron chi connectivity index (χ4n) is 2.99. The summed E-state index contributed by atoms with van der Waals surface area (Å²) in [6, 6.07) is 13.9. The standard InChI is InChI=1S/C19H21FN2O.CH2O2/c20-17-9-7-16(8-10-17)15-5-3-14(4-6-15)13-18(21)19(23)22-11-1-2-12-22;2-1-3/h3-10,18H,1-2,11-13,21H2;1H,(H,2,3)/t18-;/m0./s1. The van der Waals surface area contributed by atoms with Crippen molar-refractivity contribution in [2.24, 2.45) is 5.73 Å². The Labute approximate surface area is 152 Å². The maximum atomic E-state index is 13.0. The molecule has 1 aliphatic heterocycles. The summed E-state index contributed by atoms with van der Waals surface area (Å²) in [6.07, 6.45) is 2.69. The largest absolute Gasteiger partial charge is 0.483 e. The second kappa shape index (κ2) is 9.68. The number of likely N-dealkylation sites (tertiary alicyclic amines) is 1. The first-order valence-corrected chi connectivity index (χ1v) is 8.52. The molecule has 5 nitrogen and oxygen atoms in total. The van der Waals surface area contributed by atoms with E-state index in [4.69, 9.17) is 15.6 Å². The lowest BCUT2D eigenvalue weighted by atomic mass is 10.0. The summed E-state index contributed by atoms with van der Waals surface area (Å²) in [5, 5.41) is 6.89. The summed E-state index contributed by atoms with van der Waals surface area (Å²) in [5.74, 6) is -0.193. The number of nitrogens with two attached hydrogens (primary N) is 1. The minimum atomic E-state index is -0.482. The van der Waals surface area contributed by atoms with Crippen molar-refractivity contribution < 1.29 is 19.1 Å². The number of hydrogen-bond donors (Lipinski definition) is 2. The molecule has 0 radical (unpaired) electrons. The Hall–Kier alpha value is -2.73. The molecule has 0 unspecified atom stereocenters. The number of amides is 1. The van der Waals surface area contributed by atoms with Crippen molar-refractivity contribution in [3.8, 4) is 11.1 Å². The molecule has 1 saturated heterocycles. The zero-order chi connectivity index (χ0) is 18.9. The van der Waals surface area contributed by atoms with Gasteiger partial charge in [0.15, 0.2) is 0 Å². The van der Waals surface area contributed by atoms with Gasteiger partial charge in [-0.15, -0.1) is 0 Å². The van der Waals surface area contributed by atoms with Crippen LogP contribution in [0.25, 0.3) is 11.1 Å². The molecule has 1 atom stereocenters. The van der Waals surface area contributed by atoms with Gasteiger partial charge in [0.2, 0.25) is 5.91 Å². The number of carboxylic acid groups (broad SMARTS) is 1. The first-order chi connectivity index (χ1) is 12.5. The highest BCUT2D eigenvalue weighted by Gasteiger charge is 2.23. The van der Waals surface area contributed by atoms with E-state index in [1.807, 2.05) is 29.2 Å². The van der Waals surface area contributed by atoms with E-state index in [0.717, 1.165) is 42.6 Å². The second-order valence-electron chi connectivity index (χ2n) is 6.15. The van der Waals surface area contributed by atoms with E-state index >= 15 is 0 Å². The average Bonchev–Trinajstić information content (AvgIpc) is 3.18. The Morgan fingerprint density at radius 2 is 1.54 bits per heavy atom. The van der Waals surface area contributed by atoms with E-state index < -0.39 is 6.04 Å². The number of halogens is 1. The third-order valence-electron chi connectivity index (χ3n) is 4.32. The monoisotopic (exact) mass is 358 g/mol. The van der Waals surface area contributed by atoms with Crippen molar-refractivity contribution in [2.75, 3.05) is 13.1 Å². The lowest BCUT2D eigenvalue weighted by Gasteiger charge is -2.20. The Morgan fingerprint density at radius 1 is 1.08 bits per heavy atom. The molecule has 1 fully saturated rings. The molecule has 0 aromatic heterocycles. The highest BCUT2D eigenvalue weighted by molar-refractivity contribution is 5.82. The van der Waals surface area contributed by atoms with E-state index in [2.05, 4.69) is 0 Å². The van der Waals surface area contributed by atoms with Gasteiger partial charge in [-0.3, -0.25) is 9.59 Å². The zero-order valence-corrected chi connectivity index (χ0v) is 14.5. The predicted molar refractivity (Wildman–Crippen MR) is 98.0 cm³/mol. The van der Waals surface area contributed by atoms with Gasteiger partial charge in [-0.1, -0.05) is 36.4 Å². The highest BCUT2D eigenvalue weighted by Crippen LogP contribution is 2.20. The Balaban J connectivity index is 0.000000758. The van der Waals surface area contributed by atoms with Crippen molar-refractivity contribution in [1.29, 1.82) is 0 Å². The van der Waals surface area contributed by atoms with Gasteiger partial charge in [0, 0.05) is 13.1 Å². The molecule has 26 heavy (non-hydrogen) atoms. The Morgan fingerprint density at radius 3 is 2.04 bits per heavy atom. The van der Waals surface area contributed by atoms with Gasteiger partial charge in [-0.25, -0.2) is 4.39 Å². The molecular weight excluding hydrogens is 335 g/mol. The summed E-state index contributed by atoms with van der Waals surface area (Å²) in [5.41, 5.74) is 9.09. The van der Waals surface area contributed by atoms with Crippen LogP contribution in [0.1, 0.15) is 18.4 Å². The summed E-state index contributed by atoms with van der Waals surface area (Å²) in [7, 11) is 0. The summed E-state index contributed by atoms with van der Waals surface area (Å²) < 4.78 is 13.0. The molecule has 0 spiro atoms. The first kappa shape index (κ1) is 19.6. The summed E-state index contributed by atoms with van der Waals surface area (Å²) in [6.45, 7) is 1.41. The normalized spacial score (nSPS) is 14.3. The maximum Gasteiger partial charge on any atom is 0.290 e. The minimum Gasteiger partial charge on any atom is -0.483 e. The van der Waals surface area contributed by atoms with Crippen LogP contribution in [0.3, 0.4) is 0 Å². The number of nitrogens with zero attached hydrogens (tertiary/aromatic N) is 1. The molecule has 0 saturated carbocycles. The van der Waals surface area contributed by atoms with Crippen LogP contribution in [-0.4, -0.2) is 41.5 Å². The molecule has 0 aliphatic carbocycles. The van der Waals surface area contributed by atoms with E-state index in [0.29, 0.717) is 6.42 Å². The van der Waals surface area contributed by atoms with Gasteiger partial charge < -0.3 is 15.7 Å². The maximum absolute atomic E-state index is 13.0. The number of hydrogen-bond acceptors (Lipinski definition) is 3. The van der Waals surface area contributed by atoms with Crippen LogP contribution in [0.5, 0.6) is 0 Å². The summed E-state index contributed by atoms with van der Waals surface area (Å²) >= 11 is 0. The molecule has 2 aromatic rings. The van der Waals surface area contributed by atoms with Gasteiger partial charge in [0.05, 0.1) is 6.04 Å². The van der Waals surface area contributed by atoms with E-state index in [1.165, 1.54) is 12.1 Å². The SMILES string of the molecule is N[C@@H](Cc1ccc(-c2ccc(F)cc2)cc1)C(=O)N1CCCC1.O=CO. The van der Waals surface area contributed by atoms with Crippen LogP contribution in [0.2, 0.25) is 0 Å². The fraction of sp³-hybridized carbons (Fsp3) is 0.300. The average molecular weight is 358 g/mol. The van der Waals surface area contributed by atoms with Gasteiger partial charge in [-0.2, -0.15) is 0 Å². The third-order valence-corrected chi connectivity index (χ3v) is 4.32. The smallest absolute Gasteiger partial charge is 0.290 e. The van der Waals surface area contributed by atoms with Crippen molar-refractivity contribution in [3.05, 3.63) is 59.9 Å².